The van der Waals surface area contributed by atoms with Gasteiger partial charge in [0.05, 0.1) is 12.7 Å². The number of ether oxygens (including phenoxy) is 1. The summed E-state index contributed by atoms with van der Waals surface area (Å²) in [5.74, 6) is -0.433. The standard InChI is InChI=1S/C10H9NO3/c1-14-9-6-7(10(12)13)5-8-3-2-4-11(8)9/h2-6H,1H3,(H,12,13). The van der Waals surface area contributed by atoms with Crippen LogP contribution in [0.3, 0.4) is 0 Å². The molecule has 2 heterocycles. The summed E-state index contributed by atoms with van der Waals surface area (Å²) in [6.45, 7) is 0. The molecule has 0 saturated heterocycles. The highest BCUT2D eigenvalue weighted by atomic mass is 16.5. The molecule has 2 aromatic rings. The number of nitrogens with zero attached hydrogens (tertiary/aromatic N) is 1. The van der Waals surface area contributed by atoms with Crippen LogP contribution in [0.25, 0.3) is 5.52 Å². The molecule has 0 saturated carbocycles. The van der Waals surface area contributed by atoms with Gasteiger partial charge in [-0.05, 0) is 18.2 Å². The minimum absolute atomic E-state index is 0.230. The van der Waals surface area contributed by atoms with Gasteiger partial charge in [0.1, 0.15) is 0 Å². The summed E-state index contributed by atoms with van der Waals surface area (Å²) in [5, 5.41) is 8.84. The summed E-state index contributed by atoms with van der Waals surface area (Å²) in [6.07, 6.45) is 1.82. The van der Waals surface area contributed by atoms with E-state index in [2.05, 4.69) is 0 Å². The topological polar surface area (TPSA) is 50.9 Å². The molecule has 72 valence electrons. The first-order chi connectivity index (χ1) is 6.72. The number of carboxylic acids is 1. The molecular formula is C10H9NO3. The van der Waals surface area contributed by atoms with Crippen LogP contribution in [-0.4, -0.2) is 22.6 Å². The molecule has 0 bridgehead atoms. The Bertz CT molecular complexity index is 487. The van der Waals surface area contributed by atoms with Gasteiger partial charge < -0.3 is 9.84 Å². The number of pyridine rings is 1. The van der Waals surface area contributed by atoms with E-state index < -0.39 is 5.97 Å². The number of aromatic nitrogens is 1. The Morgan fingerprint density at radius 2 is 2.29 bits per heavy atom. The smallest absolute Gasteiger partial charge is 0.335 e. The Morgan fingerprint density at radius 3 is 2.93 bits per heavy atom. The van der Waals surface area contributed by atoms with Crippen molar-refractivity contribution < 1.29 is 14.6 Å². The van der Waals surface area contributed by atoms with Crippen molar-refractivity contribution in [3.8, 4) is 5.88 Å². The number of hydrogen-bond acceptors (Lipinski definition) is 2. The number of carbonyl (C=O) groups is 1. The molecule has 0 fully saturated rings. The van der Waals surface area contributed by atoms with Crippen LogP contribution in [0, 0.1) is 0 Å². The molecule has 4 nitrogen and oxygen atoms in total. The van der Waals surface area contributed by atoms with E-state index in [0.29, 0.717) is 5.88 Å². The summed E-state index contributed by atoms with van der Waals surface area (Å²) in [5.41, 5.74) is 1.04. The Balaban J connectivity index is 2.73. The Hall–Kier alpha value is -1.97. The molecule has 1 N–H and O–H groups in total. The summed E-state index contributed by atoms with van der Waals surface area (Å²) >= 11 is 0. The number of hydrogen-bond donors (Lipinski definition) is 1. The molecule has 2 rings (SSSR count). The lowest BCUT2D eigenvalue weighted by atomic mass is 10.2. The number of carboxylic acid groups (broad SMARTS) is 1. The minimum Gasteiger partial charge on any atom is -0.482 e. The van der Waals surface area contributed by atoms with Gasteiger partial charge in [-0.2, -0.15) is 0 Å². The average Bonchev–Trinajstić information content (AvgIpc) is 2.63. The molecule has 0 aliphatic carbocycles. The van der Waals surface area contributed by atoms with Crippen LogP contribution in [0.1, 0.15) is 10.4 Å². The van der Waals surface area contributed by atoms with E-state index in [1.807, 2.05) is 18.3 Å². The van der Waals surface area contributed by atoms with E-state index in [4.69, 9.17) is 9.84 Å². The molecule has 0 unspecified atom stereocenters. The van der Waals surface area contributed by atoms with Crippen LogP contribution in [0.5, 0.6) is 5.88 Å². The molecule has 0 aliphatic heterocycles. The van der Waals surface area contributed by atoms with Gasteiger partial charge >= 0.3 is 5.97 Å². The average molecular weight is 191 g/mol. The van der Waals surface area contributed by atoms with E-state index in [-0.39, 0.29) is 5.56 Å². The molecule has 0 spiro atoms. The predicted molar refractivity (Wildman–Crippen MR) is 50.9 cm³/mol. The van der Waals surface area contributed by atoms with Crippen LogP contribution in [-0.2, 0) is 0 Å². The van der Waals surface area contributed by atoms with E-state index in [9.17, 15) is 4.79 Å². The summed E-state index contributed by atoms with van der Waals surface area (Å²) in [7, 11) is 1.51. The minimum atomic E-state index is -0.952. The highest BCUT2D eigenvalue weighted by molar-refractivity contribution is 5.89. The highest BCUT2D eigenvalue weighted by Crippen LogP contribution is 2.18. The van der Waals surface area contributed by atoms with Crippen LogP contribution in [0.2, 0.25) is 0 Å². The summed E-state index contributed by atoms with van der Waals surface area (Å²) in [6, 6.07) is 6.76. The van der Waals surface area contributed by atoms with Crippen molar-refractivity contribution in [2.45, 2.75) is 0 Å². The van der Waals surface area contributed by atoms with Crippen LogP contribution < -0.4 is 4.74 Å². The third-order valence-electron chi connectivity index (χ3n) is 2.06. The fraction of sp³-hybridized carbons (Fsp3) is 0.100. The number of fused-ring (bicyclic) bond motifs is 1. The van der Waals surface area contributed by atoms with E-state index in [1.54, 1.807) is 10.5 Å². The van der Waals surface area contributed by atoms with Crippen LogP contribution in [0.4, 0.5) is 0 Å². The molecule has 0 amide bonds. The first kappa shape index (κ1) is 8.62. The van der Waals surface area contributed by atoms with Crippen molar-refractivity contribution >= 4 is 11.5 Å². The molecule has 0 radical (unpaired) electrons. The maximum atomic E-state index is 10.8. The largest absolute Gasteiger partial charge is 0.482 e. The number of methoxy groups -OCH3 is 1. The third kappa shape index (κ3) is 1.21. The van der Waals surface area contributed by atoms with Crippen molar-refractivity contribution in [1.82, 2.24) is 4.40 Å². The lowest BCUT2D eigenvalue weighted by Crippen LogP contribution is -2.00. The van der Waals surface area contributed by atoms with Gasteiger partial charge in [0, 0.05) is 17.8 Å². The van der Waals surface area contributed by atoms with Crippen molar-refractivity contribution in [2.75, 3.05) is 7.11 Å². The van der Waals surface area contributed by atoms with Crippen LogP contribution >= 0.6 is 0 Å². The maximum Gasteiger partial charge on any atom is 0.335 e. The molecular weight excluding hydrogens is 182 g/mol. The highest BCUT2D eigenvalue weighted by Gasteiger charge is 2.08. The molecule has 0 aromatic carbocycles. The van der Waals surface area contributed by atoms with Gasteiger partial charge in [-0.1, -0.05) is 0 Å². The maximum absolute atomic E-state index is 10.8. The van der Waals surface area contributed by atoms with Crippen LogP contribution in [0.15, 0.2) is 30.5 Å². The summed E-state index contributed by atoms with van der Waals surface area (Å²) < 4.78 is 6.86. The number of aromatic carboxylic acids is 1. The van der Waals surface area contributed by atoms with Gasteiger partial charge in [0.2, 0.25) is 0 Å². The second kappa shape index (κ2) is 3.06. The van der Waals surface area contributed by atoms with Gasteiger partial charge in [-0.3, -0.25) is 4.40 Å². The predicted octanol–water partition coefficient (Wildman–Crippen LogP) is 1.65. The zero-order chi connectivity index (χ0) is 10.1. The Labute approximate surface area is 80.3 Å². The molecule has 0 aliphatic rings. The van der Waals surface area contributed by atoms with Crippen molar-refractivity contribution in [3.05, 3.63) is 36.0 Å². The zero-order valence-corrected chi connectivity index (χ0v) is 7.60. The first-order valence-corrected chi connectivity index (χ1v) is 4.11. The lowest BCUT2D eigenvalue weighted by molar-refractivity contribution is 0.0696. The molecule has 14 heavy (non-hydrogen) atoms. The monoisotopic (exact) mass is 191 g/mol. The Morgan fingerprint density at radius 1 is 1.50 bits per heavy atom. The van der Waals surface area contributed by atoms with Gasteiger partial charge in [0.15, 0.2) is 5.88 Å². The van der Waals surface area contributed by atoms with Crippen molar-refractivity contribution in [1.29, 1.82) is 0 Å². The van der Waals surface area contributed by atoms with Crippen molar-refractivity contribution in [3.63, 3.8) is 0 Å². The van der Waals surface area contributed by atoms with Gasteiger partial charge in [-0.15, -0.1) is 0 Å². The lowest BCUT2D eigenvalue weighted by Gasteiger charge is -2.05. The fourth-order valence-electron chi connectivity index (χ4n) is 1.40. The van der Waals surface area contributed by atoms with Crippen molar-refractivity contribution in [2.24, 2.45) is 0 Å². The molecule has 0 atom stereocenters. The fourth-order valence-corrected chi connectivity index (χ4v) is 1.40. The van der Waals surface area contributed by atoms with Gasteiger partial charge in [-0.25, -0.2) is 4.79 Å². The SMILES string of the molecule is COc1cc(C(=O)O)cc2cccn12. The molecule has 2 aromatic heterocycles. The first-order valence-electron chi connectivity index (χ1n) is 4.11. The zero-order valence-electron chi connectivity index (χ0n) is 7.60. The Kier molecular flexibility index (Phi) is 1.89. The number of rotatable bonds is 2. The third-order valence-corrected chi connectivity index (χ3v) is 2.06. The second-order valence-electron chi connectivity index (χ2n) is 2.89. The van der Waals surface area contributed by atoms with E-state index in [1.165, 1.54) is 13.2 Å². The normalized spacial score (nSPS) is 10.4. The van der Waals surface area contributed by atoms with Gasteiger partial charge in [0.25, 0.3) is 0 Å². The quantitative estimate of drug-likeness (QED) is 0.785. The molecule has 4 heteroatoms. The van der Waals surface area contributed by atoms with E-state index in [0.717, 1.165) is 5.52 Å². The van der Waals surface area contributed by atoms with E-state index >= 15 is 0 Å². The summed E-state index contributed by atoms with van der Waals surface area (Å²) in [4.78, 5) is 10.8. The second-order valence-corrected chi connectivity index (χ2v) is 2.89.